The molecule has 2 heterocycles. The van der Waals surface area contributed by atoms with Crippen LogP contribution < -0.4 is 4.74 Å². The van der Waals surface area contributed by atoms with Crippen molar-refractivity contribution < 1.29 is 9.53 Å². The Morgan fingerprint density at radius 3 is 2.82 bits per heavy atom. The summed E-state index contributed by atoms with van der Waals surface area (Å²) in [5.74, 6) is 1.52. The number of carbonyl (C=O) groups excluding carboxylic acids is 1. The summed E-state index contributed by atoms with van der Waals surface area (Å²) >= 11 is 1.53. The Morgan fingerprint density at radius 1 is 1.32 bits per heavy atom. The van der Waals surface area contributed by atoms with Crippen molar-refractivity contribution in [2.75, 3.05) is 26.0 Å². The normalized spacial score (nSPS) is 14.5. The molecule has 5 heteroatoms. The molecule has 1 aromatic heterocycles. The molecule has 1 aliphatic heterocycles. The number of pyridine rings is 1. The highest BCUT2D eigenvalue weighted by Crippen LogP contribution is 2.27. The van der Waals surface area contributed by atoms with Crippen LogP contribution in [0.15, 0.2) is 29.3 Å². The predicted molar refractivity (Wildman–Crippen MR) is 89.6 cm³/mol. The molecule has 0 unspecified atom stereocenters. The van der Waals surface area contributed by atoms with E-state index in [1.54, 1.807) is 7.11 Å². The molecule has 0 N–H and O–H groups in total. The van der Waals surface area contributed by atoms with Crippen LogP contribution in [0.5, 0.6) is 5.75 Å². The summed E-state index contributed by atoms with van der Waals surface area (Å²) in [7, 11) is 1.66. The average molecular weight is 316 g/mol. The molecule has 1 aromatic carbocycles. The maximum atomic E-state index is 12.1. The fourth-order valence-electron chi connectivity index (χ4n) is 2.70. The lowest BCUT2D eigenvalue weighted by molar-refractivity contribution is -0.127. The minimum absolute atomic E-state index is 0.221. The first-order valence-electron chi connectivity index (χ1n) is 7.53. The van der Waals surface area contributed by atoms with Gasteiger partial charge < -0.3 is 9.64 Å². The molecular weight excluding hydrogens is 296 g/mol. The molecule has 22 heavy (non-hydrogen) atoms. The number of aromatic nitrogens is 1. The van der Waals surface area contributed by atoms with E-state index in [4.69, 9.17) is 4.74 Å². The van der Waals surface area contributed by atoms with Crippen LogP contribution in [0, 0.1) is 6.92 Å². The Balaban J connectivity index is 1.75. The number of rotatable bonds is 4. The van der Waals surface area contributed by atoms with Crippen LogP contribution in [-0.4, -0.2) is 41.7 Å². The molecule has 0 atom stereocenters. The number of hydrogen-bond acceptors (Lipinski definition) is 4. The van der Waals surface area contributed by atoms with E-state index >= 15 is 0 Å². The SMILES string of the molecule is COc1ccc2nc(SCC(=O)N3CCCC3)c(C)cc2c1. The largest absolute Gasteiger partial charge is 0.497 e. The minimum Gasteiger partial charge on any atom is -0.497 e. The van der Waals surface area contributed by atoms with E-state index in [1.165, 1.54) is 11.8 Å². The van der Waals surface area contributed by atoms with Gasteiger partial charge in [0.25, 0.3) is 0 Å². The number of hydrogen-bond donors (Lipinski definition) is 0. The molecule has 4 nitrogen and oxygen atoms in total. The number of ether oxygens (including phenoxy) is 1. The van der Waals surface area contributed by atoms with Gasteiger partial charge in [0.2, 0.25) is 5.91 Å². The first kappa shape index (κ1) is 15.2. The molecule has 3 rings (SSSR count). The smallest absolute Gasteiger partial charge is 0.232 e. The van der Waals surface area contributed by atoms with Crippen LogP contribution in [0.1, 0.15) is 18.4 Å². The Bertz CT molecular complexity index is 696. The van der Waals surface area contributed by atoms with Gasteiger partial charge >= 0.3 is 0 Å². The molecule has 1 saturated heterocycles. The first-order valence-corrected chi connectivity index (χ1v) is 8.52. The molecule has 0 spiro atoms. The molecular formula is C17H20N2O2S. The van der Waals surface area contributed by atoms with E-state index in [0.29, 0.717) is 5.75 Å². The number of aryl methyl sites for hydroxylation is 1. The Labute approximate surface area is 134 Å². The van der Waals surface area contributed by atoms with Gasteiger partial charge in [0.1, 0.15) is 10.8 Å². The zero-order valence-corrected chi connectivity index (χ0v) is 13.8. The van der Waals surface area contributed by atoms with E-state index < -0.39 is 0 Å². The number of nitrogens with zero attached hydrogens (tertiary/aromatic N) is 2. The minimum atomic E-state index is 0.221. The molecule has 1 fully saturated rings. The summed E-state index contributed by atoms with van der Waals surface area (Å²) in [5, 5.41) is 2.00. The van der Waals surface area contributed by atoms with E-state index in [1.807, 2.05) is 30.0 Å². The second-order valence-corrected chi connectivity index (χ2v) is 6.51. The Kier molecular flexibility index (Phi) is 4.52. The maximum absolute atomic E-state index is 12.1. The molecule has 0 radical (unpaired) electrons. The third-order valence-corrected chi connectivity index (χ3v) is 5.04. The van der Waals surface area contributed by atoms with Crippen molar-refractivity contribution in [3.05, 3.63) is 29.8 Å². The third-order valence-electron chi connectivity index (χ3n) is 3.96. The highest BCUT2D eigenvalue weighted by atomic mass is 32.2. The van der Waals surface area contributed by atoms with Gasteiger partial charge in [-0.1, -0.05) is 11.8 Å². The quantitative estimate of drug-likeness (QED) is 0.812. The number of carbonyl (C=O) groups is 1. The molecule has 0 saturated carbocycles. The number of methoxy groups -OCH3 is 1. The second-order valence-electron chi connectivity index (χ2n) is 5.55. The van der Waals surface area contributed by atoms with Crippen molar-refractivity contribution in [2.45, 2.75) is 24.8 Å². The molecule has 2 aromatic rings. The van der Waals surface area contributed by atoms with Crippen LogP contribution in [0.4, 0.5) is 0 Å². The lowest BCUT2D eigenvalue weighted by Crippen LogP contribution is -2.29. The molecule has 0 aliphatic carbocycles. The number of thioether (sulfide) groups is 1. The fourth-order valence-corrected chi connectivity index (χ4v) is 3.60. The summed E-state index contributed by atoms with van der Waals surface area (Å²) in [6.07, 6.45) is 2.26. The molecule has 1 aliphatic rings. The summed E-state index contributed by atoms with van der Waals surface area (Å²) in [4.78, 5) is 18.8. The second kappa shape index (κ2) is 6.57. The van der Waals surface area contributed by atoms with Crippen LogP contribution in [0.3, 0.4) is 0 Å². The first-order chi connectivity index (χ1) is 10.7. The van der Waals surface area contributed by atoms with Crippen LogP contribution in [-0.2, 0) is 4.79 Å². The number of amides is 1. The average Bonchev–Trinajstić information content (AvgIpc) is 3.06. The lowest BCUT2D eigenvalue weighted by atomic mass is 10.1. The van der Waals surface area contributed by atoms with Gasteiger partial charge in [-0.3, -0.25) is 4.79 Å². The number of fused-ring (bicyclic) bond motifs is 1. The highest BCUT2D eigenvalue weighted by molar-refractivity contribution is 7.99. The van der Waals surface area contributed by atoms with Gasteiger partial charge in [-0.2, -0.15) is 0 Å². The molecule has 116 valence electrons. The van der Waals surface area contributed by atoms with E-state index in [0.717, 1.165) is 53.2 Å². The van der Waals surface area contributed by atoms with Crippen molar-refractivity contribution in [3.8, 4) is 5.75 Å². The molecule has 0 bridgehead atoms. The zero-order valence-electron chi connectivity index (χ0n) is 13.0. The van der Waals surface area contributed by atoms with Gasteiger partial charge in [0.05, 0.1) is 18.4 Å². The van der Waals surface area contributed by atoms with Crippen LogP contribution in [0.2, 0.25) is 0 Å². The van der Waals surface area contributed by atoms with Crippen molar-refractivity contribution in [1.82, 2.24) is 9.88 Å². The van der Waals surface area contributed by atoms with Crippen molar-refractivity contribution in [1.29, 1.82) is 0 Å². The van der Waals surface area contributed by atoms with E-state index in [2.05, 4.69) is 11.1 Å². The Hall–Kier alpha value is -1.75. The Morgan fingerprint density at radius 2 is 2.09 bits per heavy atom. The van der Waals surface area contributed by atoms with E-state index in [9.17, 15) is 4.79 Å². The number of benzene rings is 1. The van der Waals surface area contributed by atoms with Gasteiger partial charge in [0, 0.05) is 18.5 Å². The summed E-state index contributed by atoms with van der Waals surface area (Å²) < 4.78 is 5.25. The molecule has 1 amide bonds. The van der Waals surface area contributed by atoms with Gasteiger partial charge in [-0.15, -0.1) is 0 Å². The van der Waals surface area contributed by atoms with Gasteiger partial charge in [-0.25, -0.2) is 4.98 Å². The number of likely N-dealkylation sites (tertiary alicyclic amines) is 1. The van der Waals surface area contributed by atoms with Crippen LogP contribution in [0.25, 0.3) is 10.9 Å². The zero-order chi connectivity index (χ0) is 15.5. The highest BCUT2D eigenvalue weighted by Gasteiger charge is 2.18. The van der Waals surface area contributed by atoms with Gasteiger partial charge in [-0.05, 0) is 49.6 Å². The van der Waals surface area contributed by atoms with Crippen molar-refractivity contribution >= 4 is 28.6 Å². The van der Waals surface area contributed by atoms with E-state index in [-0.39, 0.29) is 5.91 Å². The summed E-state index contributed by atoms with van der Waals surface area (Å²) in [6.45, 7) is 3.85. The monoisotopic (exact) mass is 316 g/mol. The lowest BCUT2D eigenvalue weighted by Gasteiger charge is -2.15. The van der Waals surface area contributed by atoms with Crippen LogP contribution >= 0.6 is 11.8 Å². The summed E-state index contributed by atoms with van der Waals surface area (Å²) in [5.41, 5.74) is 2.03. The predicted octanol–water partition coefficient (Wildman–Crippen LogP) is 3.27. The van der Waals surface area contributed by atoms with Gasteiger partial charge in [0.15, 0.2) is 0 Å². The standard InChI is InChI=1S/C17H20N2O2S/c1-12-9-13-10-14(21-2)5-6-15(13)18-17(12)22-11-16(20)19-7-3-4-8-19/h5-6,9-10H,3-4,7-8,11H2,1-2H3. The van der Waals surface area contributed by atoms with Crippen molar-refractivity contribution in [3.63, 3.8) is 0 Å². The topological polar surface area (TPSA) is 42.4 Å². The van der Waals surface area contributed by atoms with Crippen molar-refractivity contribution in [2.24, 2.45) is 0 Å². The third kappa shape index (κ3) is 3.19. The maximum Gasteiger partial charge on any atom is 0.232 e. The summed E-state index contributed by atoms with van der Waals surface area (Å²) in [6, 6.07) is 7.96. The fraction of sp³-hybridized carbons (Fsp3) is 0.412.